The van der Waals surface area contributed by atoms with E-state index in [4.69, 9.17) is 4.74 Å². The van der Waals surface area contributed by atoms with E-state index in [0.29, 0.717) is 36.6 Å². The number of aliphatic hydroxyl groups excluding tert-OH is 1. The lowest BCUT2D eigenvalue weighted by Gasteiger charge is -2.26. The topological polar surface area (TPSA) is 90.3 Å². The van der Waals surface area contributed by atoms with Gasteiger partial charge < -0.3 is 24.7 Å². The molecular weight excluding hydrogens is 396 g/mol. The number of aromatic hydroxyl groups is 1. The van der Waals surface area contributed by atoms with Crippen LogP contribution in [-0.4, -0.2) is 65.5 Å². The standard InChI is InChI=1S/C24H28N2O5/c1-4-15-31-19-11-7-17(8-12-19)22(28)20-21(16-5-9-18(27)10-6-16)26(14-13-25(2)3)24(30)23(20)29/h5-12,21,27-28H,4,13-15H2,1-3H3/b22-20-. The van der Waals surface area contributed by atoms with Gasteiger partial charge in [0.25, 0.3) is 11.7 Å². The number of hydrogen-bond acceptors (Lipinski definition) is 6. The van der Waals surface area contributed by atoms with Crippen LogP contribution in [0.2, 0.25) is 0 Å². The number of amides is 1. The van der Waals surface area contributed by atoms with Gasteiger partial charge >= 0.3 is 0 Å². The van der Waals surface area contributed by atoms with Crippen molar-refractivity contribution in [3.05, 3.63) is 65.2 Å². The Morgan fingerprint density at radius 1 is 1.06 bits per heavy atom. The molecule has 1 amide bonds. The fourth-order valence-corrected chi connectivity index (χ4v) is 3.51. The highest BCUT2D eigenvalue weighted by atomic mass is 16.5. The zero-order valence-corrected chi connectivity index (χ0v) is 18.0. The molecule has 164 valence electrons. The summed E-state index contributed by atoms with van der Waals surface area (Å²) in [5.41, 5.74) is 1.11. The van der Waals surface area contributed by atoms with Crippen LogP contribution in [-0.2, 0) is 9.59 Å². The number of ether oxygens (including phenoxy) is 1. The van der Waals surface area contributed by atoms with E-state index in [-0.39, 0.29) is 17.1 Å². The summed E-state index contributed by atoms with van der Waals surface area (Å²) in [5, 5.41) is 20.7. The molecule has 1 aliphatic heterocycles. The molecule has 0 aromatic heterocycles. The highest BCUT2D eigenvalue weighted by Crippen LogP contribution is 2.39. The molecule has 1 fully saturated rings. The predicted molar refractivity (Wildman–Crippen MR) is 118 cm³/mol. The molecule has 0 spiro atoms. The van der Waals surface area contributed by atoms with Crippen LogP contribution >= 0.6 is 0 Å². The van der Waals surface area contributed by atoms with Crippen molar-refractivity contribution in [1.29, 1.82) is 0 Å². The number of aliphatic hydroxyl groups is 1. The van der Waals surface area contributed by atoms with Crippen LogP contribution in [0.5, 0.6) is 11.5 Å². The maximum atomic E-state index is 12.9. The number of carbonyl (C=O) groups excluding carboxylic acids is 2. The minimum absolute atomic E-state index is 0.0386. The molecule has 1 atom stereocenters. The van der Waals surface area contributed by atoms with Gasteiger partial charge in [-0.15, -0.1) is 0 Å². The second-order valence-corrected chi connectivity index (χ2v) is 7.76. The molecule has 3 rings (SSSR count). The van der Waals surface area contributed by atoms with Crippen LogP contribution in [0.1, 0.15) is 30.5 Å². The lowest BCUT2D eigenvalue weighted by Crippen LogP contribution is -2.35. The Hall–Kier alpha value is -3.32. The fraction of sp³-hybridized carbons (Fsp3) is 0.333. The van der Waals surface area contributed by atoms with Gasteiger partial charge in [0.05, 0.1) is 18.2 Å². The van der Waals surface area contributed by atoms with Crippen LogP contribution in [0.4, 0.5) is 0 Å². The molecule has 7 nitrogen and oxygen atoms in total. The Bertz CT molecular complexity index is 964. The van der Waals surface area contributed by atoms with Crippen molar-refractivity contribution >= 4 is 17.4 Å². The van der Waals surface area contributed by atoms with E-state index >= 15 is 0 Å². The molecule has 31 heavy (non-hydrogen) atoms. The Morgan fingerprint density at radius 3 is 2.29 bits per heavy atom. The largest absolute Gasteiger partial charge is 0.508 e. The Kier molecular flexibility index (Phi) is 6.97. The molecule has 1 saturated heterocycles. The van der Waals surface area contributed by atoms with Crippen molar-refractivity contribution in [3.63, 3.8) is 0 Å². The molecular formula is C24H28N2O5. The van der Waals surface area contributed by atoms with Crippen molar-refractivity contribution in [2.75, 3.05) is 33.8 Å². The monoisotopic (exact) mass is 424 g/mol. The van der Waals surface area contributed by atoms with Crippen LogP contribution in [0.25, 0.3) is 5.76 Å². The molecule has 0 radical (unpaired) electrons. The first-order valence-electron chi connectivity index (χ1n) is 10.3. The molecule has 1 aliphatic rings. The van der Waals surface area contributed by atoms with E-state index in [1.165, 1.54) is 17.0 Å². The van der Waals surface area contributed by atoms with Crippen molar-refractivity contribution in [2.45, 2.75) is 19.4 Å². The first-order chi connectivity index (χ1) is 14.8. The van der Waals surface area contributed by atoms with E-state index < -0.39 is 17.7 Å². The number of ketones is 1. The maximum Gasteiger partial charge on any atom is 0.295 e. The molecule has 1 unspecified atom stereocenters. The second-order valence-electron chi connectivity index (χ2n) is 7.76. The SMILES string of the molecule is CCCOc1ccc(/C(O)=C2/C(=O)C(=O)N(CCN(C)C)C2c2ccc(O)cc2)cc1. The number of hydrogen-bond donors (Lipinski definition) is 2. The third kappa shape index (κ3) is 4.88. The highest BCUT2D eigenvalue weighted by Gasteiger charge is 2.45. The maximum absolute atomic E-state index is 12.9. The summed E-state index contributed by atoms with van der Waals surface area (Å²) in [6.07, 6.45) is 0.880. The smallest absolute Gasteiger partial charge is 0.295 e. The van der Waals surface area contributed by atoms with Gasteiger partial charge in [-0.25, -0.2) is 0 Å². The summed E-state index contributed by atoms with van der Waals surface area (Å²) in [6, 6.07) is 12.4. The van der Waals surface area contributed by atoms with Crippen molar-refractivity contribution < 1.29 is 24.5 Å². The van der Waals surface area contributed by atoms with E-state index in [9.17, 15) is 19.8 Å². The average Bonchev–Trinajstić information content (AvgIpc) is 3.01. The summed E-state index contributed by atoms with van der Waals surface area (Å²) in [7, 11) is 3.77. The first kappa shape index (κ1) is 22.4. The summed E-state index contributed by atoms with van der Waals surface area (Å²) in [6.45, 7) is 3.48. The predicted octanol–water partition coefficient (Wildman–Crippen LogP) is 3.16. The van der Waals surface area contributed by atoms with Crippen molar-refractivity contribution in [2.24, 2.45) is 0 Å². The van der Waals surface area contributed by atoms with Crippen LogP contribution < -0.4 is 4.74 Å². The third-order valence-electron chi connectivity index (χ3n) is 5.14. The molecule has 1 heterocycles. The lowest BCUT2D eigenvalue weighted by molar-refractivity contribution is -0.140. The third-order valence-corrected chi connectivity index (χ3v) is 5.14. The normalized spacial score (nSPS) is 18.1. The van der Waals surface area contributed by atoms with E-state index in [0.717, 1.165) is 6.42 Å². The molecule has 0 bridgehead atoms. The number of Topliss-reactive ketones (excluding diaryl/α,β-unsaturated/α-hetero) is 1. The Labute approximate surface area is 182 Å². The summed E-state index contributed by atoms with van der Waals surface area (Å²) in [4.78, 5) is 29.2. The van der Waals surface area contributed by atoms with Gasteiger partial charge in [0.1, 0.15) is 17.3 Å². The van der Waals surface area contributed by atoms with Crippen molar-refractivity contribution in [1.82, 2.24) is 9.80 Å². The number of likely N-dealkylation sites (tertiary alicyclic amines) is 1. The summed E-state index contributed by atoms with van der Waals surface area (Å²) in [5.74, 6) is -0.854. The number of rotatable bonds is 8. The average molecular weight is 424 g/mol. The van der Waals surface area contributed by atoms with Gasteiger partial charge in [-0.3, -0.25) is 9.59 Å². The van der Waals surface area contributed by atoms with Crippen LogP contribution in [0.3, 0.4) is 0 Å². The zero-order valence-electron chi connectivity index (χ0n) is 18.0. The van der Waals surface area contributed by atoms with Gasteiger partial charge in [0.15, 0.2) is 0 Å². The Morgan fingerprint density at radius 2 is 1.71 bits per heavy atom. The molecule has 0 aliphatic carbocycles. The molecule has 2 aromatic rings. The van der Waals surface area contributed by atoms with Gasteiger partial charge in [0, 0.05) is 18.7 Å². The quantitative estimate of drug-likeness (QED) is 0.384. The Balaban J connectivity index is 2.04. The number of likely N-dealkylation sites (N-methyl/N-ethyl adjacent to an activating group) is 1. The van der Waals surface area contributed by atoms with E-state index in [2.05, 4.69) is 0 Å². The number of phenols is 1. The second kappa shape index (κ2) is 9.66. The van der Waals surface area contributed by atoms with Gasteiger partial charge in [-0.1, -0.05) is 19.1 Å². The fourth-order valence-electron chi connectivity index (χ4n) is 3.51. The summed E-state index contributed by atoms with van der Waals surface area (Å²) >= 11 is 0. The van der Waals surface area contributed by atoms with E-state index in [1.807, 2.05) is 25.9 Å². The van der Waals surface area contributed by atoms with E-state index in [1.54, 1.807) is 36.4 Å². The first-order valence-corrected chi connectivity index (χ1v) is 10.3. The summed E-state index contributed by atoms with van der Waals surface area (Å²) < 4.78 is 5.57. The van der Waals surface area contributed by atoms with Gasteiger partial charge in [-0.2, -0.15) is 0 Å². The lowest BCUT2D eigenvalue weighted by atomic mass is 9.95. The molecule has 2 aromatic carbocycles. The van der Waals surface area contributed by atoms with Crippen molar-refractivity contribution in [3.8, 4) is 11.5 Å². The molecule has 0 saturated carbocycles. The van der Waals surface area contributed by atoms with Crippen LogP contribution in [0, 0.1) is 0 Å². The van der Waals surface area contributed by atoms with Gasteiger partial charge in [0.2, 0.25) is 0 Å². The van der Waals surface area contributed by atoms with Crippen LogP contribution in [0.15, 0.2) is 54.1 Å². The number of nitrogens with zero attached hydrogens (tertiary/aromatic N) is 2. The highest BCUT2D eigenvalue weighted by molar-refractivity contribution is 6.46. The minimum Gasteiger partial charge on any atom is -0.508 e. The van der Waals surface area contributed by atoms with Gasteiger partial charge in [-0.05, 0) is 62.5 Å². The molecule has 2 N–H and O–H groups in total. The number of carbonyl (C=O) groups is 2. The minimum atomic E-state index is -0.739. The zero-order chi connectivity index (χ0) is 22.5. The number of phenolic OH excluding ortho intramolecular Hbond substituents is 1. The molecule has 7 heteroatoms. The number of benzene rings is 2.